The lowest BCUT2D eigenvalue weighted by atomic mass is 10.1. The zero-order valence-electron chi connectivity index (χ0n) is 17.2. The Kier molecular flexibility index (Phi) is 6.92. The number of nitriles is 1. The number of nitrogens with zero attached hydrogens (tertiary/aromatic N) is 5. The van der Waals surface area contributed by atoms with Crippen LogP contribution in [0.15, 0.2) is 6.20 Å². The Morgan fingerprint density at radius 1 is 1.30 bits per heavy atom. The first kappa shape index (κ1) is 20.8. The van der Waals surface area contributed by atoms with Crippen LogP contribution in [0.5, 0.6) is 0 Å². The Balaban J connectivity index is 1.96. The van der Waals surface area contributed by atoms with Gasteiger partial charge < -0.3 is 5.32 Å². The molecule has 0 aromatic carbocycles. The van der Waals surface area contributed by atoms with Gasteiger partial charge in [-0.25, -0.2) is 9.50 Å². The highest BCUT2D eigenvalue weighted by Crippen LogP contribution is 2.18. The van der Waals surface area contributed by atoms with Gasteiger partial charge in [-0.3, -0.25) is 9.69 Å². The van der Waals surface area contributed by atoms with Crippen molar-refractivity contribution in [3.8, 4) is 6.07 Å². The summed E-state index contributed by atoms with van der Waals surface area (Å²) in [5.41, 5.74) is 3.82. The van der Waals surface area contributed by atoms with Crippen molar-refractivity contribution in [1.82, 2.24) is 24.8 Å². The lowest BCUT2D eigenvalue weighted by Crippen LogP contribution is -2.42. The zero-order valence-corrected chi connectivity index (χ0v) is 17.2. The summed E-state index contributed by atoms with van der Waals surface area (Å²) < 4.78 is 1.68. The Bertz CT molecular complexity index is 838. The normalized spacial score (nSPS) is 11.6. The second-order valence-electron chi connectivity index (χ2n) is 7.44. The van der Waals surface area contributed by atoms with Gasteiger partial charge in [0.1, 0.15) is 11.6 Å². The molecule has 2 aromatic rings. The summed E-state index contributed by atoms with van der Waals surface area (Å²) in [6.45, 7) is 14.0. The maximum atomic E-state index is 12.3. The van der Waals surface area contributed by atoms with Gasteiger partial charge in [0.25, 0.3) is 0 Å². The fourth-order valence-corrected chi connectivity index (χ4v) is 3.52. The Hall–Kier alpha value is -2.46. The van der Waals surface area contributed by atoms with E-state index >= 15 is 0 Å². The molecule has 0 unspecified atom stereocenters. The Labute approximate surface area is 161 Å². The van der Waals surface area contributed by atoms with E-state index in [0.717, 1.165) is 23.5 Å². The van der Waals surface area contributed by atoms with E-state index in [1.165, 1.54) is 6.20 Å². The number of amides is 1. The van der Waals surface area contributed by atoms with Gasteiger partial charge in [0.05, 0.1) is 6.20 Å². The van der Waals surface area contributed by atoms with E-state index in [1.54, 1.807) is 4.52 Å². The molecule has 0 aliphatic heterocycles. The van der Waals surface area contributed by atoms with Gasteiger partial charge in [0, 0.05) is 43.0 Å². The summed E-state index contributed by atoms with van der Waals surface area (Å²) in [5.74, 6) is 0.0412. The van der Waals surface area contributed by atoms with E-state index in [1.807, 2.05) is 13.8 Å². The predicted molar refractivity (Wildman–Crippen MR) is 105 cm³/mol. The molecule has 0 aliphatic rings. The van der Waals surface area contributed by atoms with Crippen LogP contribution in [0.25, 0.3) is 5.65 Å². The summed E-state index contributed by atoms with van der Waals surface area (Å²) in [5, 5.41) is 16.4. The number of carbonyl (C=O) groups is 1. The molecule has 7 heteroatoms. The number of fused-ring (bicyclic) bond motifs is 1. The lowest BCUT2D eigenvalue weighted by Gasteiger charge is -2.30. The van der Waals surface area contributed by atoms with E-state index < -0.39 is 0 Å². The molecule has 2 aromatic heterocycles. The third-order valence-corrected chi connectivity index (χ3v) is 4.95. The summed E-state index contributed by atoms with van der Waals surface area (Å²) in [7, 11) is 0. The molecule has 7 nitrogen and oxygen atoms in total. The first-order chi connectivity index (χ1) is 12.8. The minimum absolute atomic E-state index is 0.0412. The summed E-state index contributed by atoms with van der Waals surface area (Å²) in [4.78, 5) is 19.1. The fraction of sp³-hybridized carbons (Fsp3) is 0.600. The Morgan fingerprint density at radius 2 is 1.96 bits per heavy atom. The number of aromatic nitrogens is 3. The molecule has 2 rings (SSSR count). The maximum absolute atomic E-state index is 12.3. The molecule has 0 radical (unpaired) electrons. The van der Waals surface area contributed by atoms with Crippen LogP contribution < -0.4 is 5.32 Å². The minimum atomic E-state index is 0.0412. The molecule has 0 saturated carbocycles. The molecule has 0 saturated heterocycles. The first-order valence-corrected chi connectivity index (χ1v) is 9.52. The second kappa shape index (κ2) is 8.96. The molecule has 0 spiro atoms. The van der Waals surface area contributed by atoms with Crippen LogP contribution in [0.1, 0.15) is 56.6 Å². The summed E-state index contributed by atoms with van der Waals surface area (Å²) in [6, 6.07) is 3.02. The molecule has 0 bridgehead atoms. The van der Waals surface area contributed by atoms with Gasteiger partial charge in [-0.15, -0.1) is 0 Å². The van der Waals surface area contributed by atoms with Crippen LogP contribution in [-0.4, -0.2) is 50.6 Å². The SMILES string of the molecule is Cc1nc2c(C#N)cnn2c(C)c1CCC(=O)NCCN(C(C)C)C(C)C. The van der Waals surface area contributed by atoms with E-state index in [0.29, 0.717) is 42.7 Å². The average molecular weight is 371 g/mol. The molecule has 0 atom stereocenters. The van der Waals surface area contributed by atoms with E-state index in [2.05, 4.69) is 54.1 Å². The standard InChI is InChI=1S/C20H30N6O/c1-13(2)25(14(3)4)10-9-22-19(27)8-7-18-15(5)24-20-17(11-21)12-23-26(20)16(18)6/h12-14H,7-10H2,1-6H3,(H,22,27). The number of rotatable bonds is 8. The first-order valence-electron chi connectivity index (χ1n) is 9.52. The average Bonchev–Trinajstić information content (AvgIpc) is 3.00. The van der Waals surface area contributed by atoms with E-state index in [-0.39, 0.29) is 5.91 Å². The third-order valence-electron chi connectivity index (χ3n) is 4.95. The van der Waals surface area contributed by atoms with Crippen molar-refractivity contribution in [1.29, 1.82) is 5.26 Å². The molecule has 2 heterocycles. The van der Waals surface area contributed by atoms with Gasteiger partial charge in [-0.2, -0.15) is 10.4 Å². The number of aryl methyl sites for hydroxylation is 2. The molecule has 1 amide bonds. The minimum Gasteiger partial charge on any atom is -0.355 e. The van der Waals surface area contributed by atoms with Gasteiger partial charge >= 0.3 is 0 Å². The smallest absolute Gasteiger partial charge is 0.220 e. The maximum Gasteiger partial charge on any atom is 0.220 e. The number of carbonyl (C=O) groups excluding carboxylic acids is 1. The topological polar surface area (TPSA) is 86.3 Å². The molecular formula is C20H30N6O. The van der Waals surface area contributed by atoms with Gasteiger partial charge in [0.2, 0.25) is 5.91 Å². The van der Waals surface area contributed by atoms with Crippen molar-refractivity contribution in [2.75, 3.05) is 13.1 Å². The summed E-state index contributed by atoms with van der Waals surface area (Å²) in [6.07, 6.45) is 2.54. The number of hydrogen-bond acceptors (Lipinski definition) is 5. The van der Waals surface area contributed by atoms with Crippen LogP contribution in [-0.2, 0) is 11.2 Å². The zero-order chi connectivity index (χ0) is 20.1. The Morgan fingerprint density at radius 3 is 2.56 bits per heavy atom. The van der Waals surface area contributed by atoms with Crippen molar-refractivity contribution in [3.63, 3.8) is 0 Å². The second-order valence-corrected chi connectivity index (χ2v) is 7.44. The monoisotopic (exact) mass is 370 g/mol. The molecule has 0 aliphatic carbocycles. The van der Waals surface area contributed by atoms with Crippen molar-refractivity contribution in [3.05, 3.63) is 28.7 Å². The molecule has 146 valence electrons. The van der Waals surface area contributed by atoms with Crippen LogP contribution >= 0.6 is 0 Å². The third kappa shape index (κ3) is 4.83. The fourth-order valence-electron chi connectivity index (χ4n) is 3.52. The van der Waals surface area contributed by atoms with Crippen molar-refractivity contribution in [2.24, 2.45) is 0 Å². The van der Waals surface area contributed by atoms with Crippen molar-refractivity contribution >= 4 is 11.6 Å². The molecule has 1 N–H and O–H groups in total. The number of nitrogens with one attached hydrogen (secondary N) is 1. The highest BCUT2D eigenvalue weighted by atomic mass is 16.1. The van der Waals surface area contributed by atoms with Crippen LogP contribution in [0.4, 0.5) is 0 Å². The van der Waals surface area contributed by atoms with Gasteiger partial charge in [0.15, 0.2) is 5.65 Å². The largest absolute Gasteiger partial charge is 0.355 e. The van der Waals surface area contributed by atoms with Crippen molar-refractivity contribution in [2.45, 2.75) is 66.5 Å². The molecule has 27 heavy (non-hydrogen) atoms. The highest BCUT2D eigenvalue weighted by Gasteiger charge is 2.16. The van der Waals surface area contributed by atoms with Crippen LogP contribution in [0, 0.1) is 25.2 Å². The number of hydrogen-bond donors (Lipinski definition) is 1. The van der Waals surface area contributed by atoms with E-state index in [4.69, 9.17) is 5.26 Å². The molecule has 0 fully saturated rings. The van der Waals surface area contributed by atoms with Crippen molar-refractivity contribution < 1.29 is 4.79 Å². The molecular weight excluding hydrogens is 340 g/mol. The lowest BCUT2D eigenvalue weighted by molar-refractivity contribution is -0.121. The van der Waals surface area contributed by atoms with E-state index in [9.17, 15) is 4.79 Å². The summed E-state index contributed by atoms with van der Waals surface area (Å²) >= 11 is 0. The van der Waals surface area contributed by atoms with Crippen LogP contribution in [0.3, 0.4) is 0 Å². The van der Waals surface area contributed by atoms with Gasteiger partial charge in [-0.1, -0.05) is 0 Å². The van der Waals surface area contributed by atoms with Gasteiger partial charge in [-0.05, 0) is 53.5 Å². The van der Waals surface area contributed by atoms with Crippen LogP contribution in [0.2, 0.25) is 0 Å². The predicted octanol–water partition coefficient (Wildman–Crippen LogP) is 2.39. The highest BCUT2D eigenvalue weighted by molar-refractivity contribution is 5.76. The quantitative estimate of drug-likeness (QED) is 0.771.